The molecule has 1 aromatic carbocycles. The van der Waals surface area contributed by atoms with Crippen molar-refractivity contribution in [2.45, 2.75) is 26.4 Å². The zero-order valence-electron chi connectivity index (χ0n) is 11.4. The molecule has 0 unspecified atom stereocenters. The second-order valence-electron chi connectivity index (χ2n) is 5.15. The van der Waals surface area contributed by atoms with Crippen LogP contribution in [0.4, 0.5) is 15.9 Å². The summed E-state index contributed by atoms with van der Waals surface area (Å²) in [6.07, 6.45) is 3.53. The standard InChI is InChI=1S/C16H17FN2O/c1-11-4-5-14-12(9-11)3-2-8-19(14)16-15(17)13(10-20)6-7-18-16/h4-7,9,20H,2-3,8,10H2,1H3. The third-order valence-corrected chi connectivity index (χ3v) is 3.73. The number of hydrogen-bond donors (Lipinski definition) is 1. The lowest BCUT2D eigenvalue weighted by Crippen LogP contribution is -2.26. The number of anilines is 2. The molecule has 1 aliphatic rings. The van der Waals surface area contributed by atoms with Crippen LogP contribution in [0.25, 0.3) is 0 Å². The Morgan fingerprint density at radius 2 is 2.20 bits per heavy atom. The molecular formula is C16H17FN2O. The summed E-state index contributed by atoms with van der Waals surface area (Å²) in [5.74, 6) is -0.121. The topological polar surface area (TPSA) is 36.4 Å². The number of nitrogens with zero attached hydrogens (tertiary/aromatic N) is 2. The van der Waals surface area contributed by atoms with E-state index < -0.39 is 5.82 Å². The summed E-state index contributed by atoms with van der Waals surface area (Å²) in [5, 5.41) is 9.19. The second kappa shape index (κ2) is 5.21. The molecule has 1 aromatic heterocycles. The smallest absolute Gasteiger partial charge is 0.171 e. The molecule has 0 amide bonds. The average molecular weight is 272 g/mol. The van der Waals surface area contributed by atoms with Crippen LogP contribution in [0, 0.1) is 12.7 Å². The van der Waals surface area contributed by atoms with Crippen LogP contribution < -0.4 is 4.90 Å². The number of hydrogen-bond acceptors (Lipinski definition) is 3. The minimum atomic E-state index is -0.427. The molecule has 0 saturated carbocycles. The Kier molecular flexibility index (Phi) is 3.40. The number of benzene rings is 1. The molecule has 0 atom stereocenters. The van der Waals surface area contributed by atoms with Crippen molar-refractivity contribution in [1.29, 1.82) is 0 Å². The number of pyridine rings is 1. The zero-order valence-corrected chi connectivity index (χ0v) is 11.4. The summed E-state index contributed by atoms with van der Waals surface area (Å²) in [4.78, 5) is 6.08. The van der Waals surface area contributed by atoms with Gasteiger partial charge >= 0.3 is 0 Å². The number of aliphatic hydroxyl groups excluding tert-OH is 1. The van der Waals surface area contributed by atoms with Crippen molar-refractivity contribution in [3.8, 4) is 0 Å². The molecule has 0 fully saturated rings. The van der Waals surface area contributed by atoms with Crippen LogP contribution in [0.2, 0.25) is 0 Å². The molecule has 3 nitrogen and oxygen atoms in total. The van der Waals surface area contributed by atoms with E-state index in [0.29, 0.717) is 5.82 Å². The Bertz CT molecular complexity index is 642. The van der Waals surface area contributed by atoms with E-state index in [1.165, 1.54) is 17.2 Å². The van der Waals surface area contributed by atoms with E-state index in [2.05, 4.69) is 18.0 Å². The lowest BCUT2D eigenvalue weighted by Gasteiger charge is -2.31. The van der Waals surface area contributed by atoms with Gasteiger partial charge in [-0.1, -0.05) is 17.7 Å². The highest BCUT2D eigenvalue weighted by atomic mass is 19.1. The van der Waals surface area contributed by atoms with Gasteiger partial charge in [-0.3, -0.25) is 0 Å². The van der Waals surface area contributed by atoms with Crippen molar-refractivity contribution in [2.75, 3.05) is 11.4 Å². The number of aryl methyl sites for hydroxylation is 2. The number of aromatic nitrogens is 1. The Hall–Kier alpha value is -1.94. The van der Waals surface area contributed by atoms with Gasteiger partial charge in [0.05, 0.1) is 6.61 Å². The monoisotopic (exact) mass is 272 g/mol. The average Bonchev–Trinajstić information content (AvgIpc) is 2.46. The zero-order chi connectivity index (χ0) is 14.1. The van der Waals surface area contributed by atoms with E-state index in [-0.39, 0.29) is 12.2 Å². The number of rotatable bonds is 2. The fraction of sp³-hybridized carbons (Fsp3) is 0.312. The fourth-order valence-corrected chi connectivity index (χ4v) is 2.73. The largest absolute Gasteiger partial charge is 0.392 e. The van der Waals surface area contributed by atoms with Crippen LogP contribution in [0.1, 0.15) is 23.1 Å². The van der Waals surface area contributed by atoms with Gasteiger partial charge in [-0.05, 0) is 37.5 Å². The molecule has 0 saturated heterocycles. The molecule has 0 aliphatic carbocycles. The Morgan fingerprint density at radius 3 is 3.00 bits per heavy atom. The third kappa shape index (κ3) is 2.16. The number of halogens is 1. The quantitative estimate of drug-likeness (QED) is 0.912. The maximum atomic E-state index is 14.4. The first-order chi connectivity index (χ1) is 9.70. The van der Waals surface area contributed by atoms with Gasteiger partial charge in [0.1, 0.15) is 0 Å². The number of fused-ring (bicyclic) bond motifs is 1. The maximum absolute atomic E-state index is 14.4. The van der Waals surface area contributed by atoms with Gasteiger partial charge in [0.15, 0.2) is 11.6 Å². The SMILES string of the molecule is Cc1ccc2c(c1)CCCN2c1nccc(CO)c1F. The molecule has 1 aliphatic heterocycles. The normalized spacial score (nSPS) is 14.2. The second-order valence-corrected chi connectivity index (χ2v) is 5.15. The van der Waals surface area contributed by atoms with Crippen molar-refractivity contribution in [3.05, 3.63) is 53.0 Å². The van der Waals surface area contributed by atoms with Crippen molar-refractivity contribution in [3.63, 3.8) is 0 Å². The fourth-order valence-electron chi connectivity index (χ4n) is 2.73. The maximum Gasteiger partial charge on any atom is 0.171 e. The van der Waals surface area contributed by atoms with Crippen LogP contribution in [-0.2, 0) is 13.0 Å². The van der Waals surface area contributed by atoms with Gasteiger partial charge in [0.25, 0.3) is 0 Å². The van der Waals surface area contributed by atoms with Gasteiger partial charge in [-0.15, -0.1) is 0 Å². The molecule has 1 N–H and O–H groups in total. The van der Waals surface area contributed by atoms with E-state index in [1.807, 2.05) is 17.0 Å². The molecule has 3 rings (SSSR count). The third-order valence-electron chi connectivity index (χ3n) is 3.73. The number of aliphatic hydroxyl groups is 1. The van der Waals surface area contributed by atoms with E-state index in [9.17, 15) is 9.50 Å². The van der Waals surface area contributed by atoms with Gasteiger partial charge < -0.3 is 10.0 Å². The molecule has 0 spiro atoms. The van der Waals surface area contributed by atoms with Crippen molar-refractivity contribution in [2.24, 2.45) is 0 Å². The summed E-state index contributed by atoms with van der Waals surface area (Å²) in [6.45, 7) is 2.50. The predicted octanol–water partition coefficient (Wildman–Crippen LogP) is 3.11. The highest BCUT2D eigenvalue weighted by molar-refractivity contribution is 5.66. The first kappa shape index (κ1) is 13.1. The molecule has 20 heavy (non-hydrogen) atoms. The summed E-state index contributed by atoms with van der Waals surface area (Å²) in [5.41, 5.74) is 3.74. The van der Waals surface area contributed by atoms with Gasteiger partial charge in [0.2, 0.25) is 0 Å². The summed E-state index contributed by atoms with van der Waals surface area (Å²) < 4.78 is 14.4. The molecule has 0 radical (unpaired) electrons. The van der Waals surface area contributed by atoms with Crippen molar-refractivity contribution in [1.82, 2.24) is 4.98 Å². The highest BCUT2D eigenvalue weighted by Gasteiger charge is 2.22. The van der Waals surface area contributed by atoms with Crippen molar-refractivity contribution >= 4 is 11.5 Å². The van der Waals surface area contributed by atoms with Crippen LogP contribution in [0.5, 0.6) is 0 Å². The summed E-state index contributed by atoms with van der Waals surface area (Å²) >= 11 is 0. The molecule has 2 heterocycles. The van der Waals surface area contributed by atoms with E-state index in [4.69, 9.17) is 0 Å². The molecule has 2 aromatic rings. The summed E-state index contributed by atoms with van der Waals surface area (Å²) in [7, 11) is 0. The Labute approximate surface area is 117 Å². The van der Waals surface area contributed by atoms with Gasteiger partial charge in [-0.25, -0.2) is 9.37 Å². The molecule has 104 valence electrons. The van der Waals surface area contributed by atoms with Crippen LogP contribution >= 0.6 is 0 Å². The predicted molar refractivity (Wildman–Crippen MR) is 76.6 cm³/mol. The lowest BCUT2D eigenvalue weighted by atomic mass is 9.99. The minimum Gasteiger partial charge on any atom is -0.392 e. The van der Waals surface area contributed by atoms with Crippen molar-refractivity contribution < 1.29 is 9.50 Å². The van der Waals surface area contributed by atoms with E-state index >= 15 is 0 Å². The molecular weight excluding hydrogens is 255 g/mol. The first-order valence-electron chi connectivity index (χ1n) is 6.82. The van der Waals surface area contributed by atoms with Crippen LogP contribution in [0.3, 0.4) is 0 Å². The van der Waals surface area contributed by atoms with Crippen LogP contribution in [0.15, 0.2) is 30.5 Å². The minimum absolute atomic E-state index is 0.286. The Morgan fingerprint density at radius 1 is 1.35 bits per heavy atom. The Balaban J connectivity index is 2.09. The van der Waals surface area contributed by atoms with Gasteiger partial charge in [-0.2, -0.15) is 0 Å². The van der Waals surface area contributed by atoms with E-state index in [1.54, 1.807) is 6.20 Å². The summed E-state index contributed by atoms with van der Waals surface area (Å²) in [6, 6.07) is 7.72. The lowest BCUT2D eigenvalue weighted by molar-refractivity contribution is 0.275. The van der Waals surface area contributed by atoms with E-state index in [0.717, 1.165) is 25.1 Å². The first-order valence-corrected chi connectivity index (χ1v) is 6.82. The van der Waals surface area contributed by atoms with Gasteiger partial charge in [0, 0.05) is 24.0 Å². The molecule has 4 heteroatoms. The highest BCUT2D eigenvalue weighted by Crippen LogP contribution is 2.34. The molecule has 0 bridgehead atoms. The van der Waals surface area contributed by atoms with Crippen LogP contribution in [-0.4, -0.2) is 16.6 Å².